The van der Waals surface area contributed by atoms with Crippen molar-refractivity contribution in [3.63, 3.8) is 0 Å². The highest BCUT2D eigenvalue weighted by atomic mass is 16.5. The number of amides is 1. The zero-order valence-electron chi connectivity index (χ0n) is 13.4. The van der Waals surface area contributed by atoms with Gasteiger partial charge in [0.1, 0.15) is 11.3 Å². The van der Waals surface area contributed by atoms with Gasteiger partial charge in [0.25, 0.3) is 5.91 Å². The van der Waals surface area contributed by atoms with Crippen molar-refractivity contribution in [3.8, 4) is 5.75 Å². The first-order valence-electron chi connectivity index (χ1n) is 8.36. The Morgan fingerprint density at radius 1 is 1.25 bits per heavy atom. The molecular formula is C18H20N2O4. The number of carbonyl (C=O) groups excluding carboxylic acids is 1. The molecule has 4 heterocycles. The molecular weight excluding hydrogens is 308 g/mol. The van der Waals surface area contributed by atoms with Gasteiger partial charge in [-0.15, -0.1) is 0 Å². The summed E-state index contributed by atoms with van der Waals surface area (Å²) in [6, 6.07) is 8.52. The van der Waals surface area contributed by atoms with Crippen LogP contribution in [0.25, 0.3) is 11.0 Å². The molecule has 0 aliphatic carbocycles. The lowest BCUT2D eigenvalue weighted by atomic mass is 9.84. The molecule has 0 spiro atoms. The monoisotopic (exact) mass is 328 g/mol. The molecule has 1 aromatic carbocycles. The zero-order chi connectivity index (χ0) is 16.5. The molecule has 0 saturated carbocycles. The Morgan fingerprint density at radius 3 is 2.79 bits per heavy atom. The number of hydrogen-bond acceptors (Lipinski definition) is 5. The summed E-state index contributed by atoms with van der Waals surface area (Å²) in [6.07, 6.45) is 2.32. The molecule has 1 atom stereocenters. The SMILES string of the molecule is O=C(COc1ccc2ccc(=O)oc2c1)NC1CN2CCC1CC2. The molecule has 0 radical (unpaired) electrons. The largest absolute Gasteiger partial charge is 0.484 e. The van der Waals surface area contributed by atoms with E-state index in [1.54, 1.807) is 24.3 Å². The van der Waals surface area contributed by atoms with Gasteiger partial charge in [-0.25, -0.2) is 4.79 Å². The summed E-state index contributed by atoms with van der Waals surface area (Å²) < 4.78 is 10.7. The first-order valence-corrected chi connectivity index (χ1v) is 8.36. The summed E-state index contributed by atoms with van der Waals surface area (Å²) in [5.74, 6) is 0.998. The van der Waals surface area contributed by atoms with Crippen LogP contribution in [0, 0.1) is 5.92 Å². The van der Waals surface area contributed by atoms with Crippen LogP contribution in [-0.2, 0) is 4.79 Å². The predicted molar refractivity (Wildman–Crippen MR) is 89.1 cm³/mol. The van der Waals surface area contributed by atoms with E-state index in [1.165, 1.54) is 6.07 Å². The molecule has 3 aliphatic heterocycles. The van der Waals surface area contributed by atoms with Gasteiger partial charge in [0, 0.05) is 30.1 Å². The van der Waals surface area contributed by atoms with Gasteiger partial charge in [-0.2, -0.15) is 0 Å². The maximum absolute atomic E-state index is 12.2. The first-order chi connectivity index (χ1) is 11.7. The minimum Gasteiger partial charge on any atom is -0.484 e. The number of rotatable bonds is 4. The average Bonchev–Trinajstić information content (AvgIpc) is 2.60. The zero-order valence-corrected chi connectivity index (χ0v) is 13.4. The van der Waals surface area contributed by atoms with Crippen molar-refractivity contribution in [2.24, 2.45) is 5.92 Å². The van der Waals surface area contributed by atoms with E-state index in [1.807, 2.05) is 0 Å². The lowest BCUT2D eigenvalue weighted by molar-refractivity contribution is -0.125. The molecule has 3 saturated heterocycles. The number of benzene rings is 1. The number of nitrogens with zero attached hydrogens (tertiary/aromatic N) is 1. The lowest BCUT2D eigenvalue weighted by Crippen LogP contribution is -2.57. The predicted octanol–water partition coefficient (Wildman–Crippen LogP) is 1.38. The summed E-state index contributed by atoms with van der Waals surface area (Å²) in [4.78, 5) is 25.8. The minimum atomic E-state index is -0.403. The van der Waals surface area contributed by atoms with Crippen molar-refractivity contribution in [1.29, 1.82) is 0 Å². The van der Waals surface area contributed by atoms with Gasteiger partial charge in [0.05, 0.1) is 0 Å². The number of carbonyl (C=O) groups is 1. The van der Waals surface area contributed by atoms with Crippen molar-refractivity contribution in [2.75, 3.05) is 26.2 Å². The number of hydrogen-bond donors (Lipinski definition) is 1. The molecule has 2 bridgehead atoms. The van der Waals surface area contributed by atoms with Crippen LogP contribution in [-0.4, -0.2) is 43.1 Å². The summed E-state index contributed by atoms with van der Waals surface area (Å²) >= 11 is 0. The Bertz CT molecular complexity index is 808. The van der Waals surface area contributed by atoms with Gasteiger partial charge < -0.3 is 19.4 Å². The topological polar surface area (TPSA) is 71.8 Å². The highest BCUT2D eigenvalue weighted by Crippen LogP contribution is 2.27. The number of piperidine rings is 3. The Kier molecular flexibility index (Phi) is 3.98. The van der Waals surface area contributed by atoms with Gasteiger partial charge >= 0.3 is 5.63 Å². The fourth-order valence-electron chi connectivity index (χ4n) is 3.66. The molecule has 1 unspecified atom stereocenters. The van der Waals surface area contributed by atoms with E-state index in [9.17, 15) is 9.59 Å². The molecule has 6 nitrogen and oxygen atoms in total. The van der Waals surface area contributed by atoms with Gasteiger partial charge in [0.15, 0.2) is 6.61 Å². The number of ether oxygens (including phenoxy) is 1. The van der Waals surface area contributed by atoms with Crippen molar-refractivity contribution >= 4 is 16.9 Å². The van der Waals surface area contributed by atoms with Gasteiger partial charge in [-0.3, -0.25) is 4.79 Å². The molecule has 6 heteroatoms. The fraction of sp³-hybridized carbons (Fsp3) is 0.444. The van der Waals surface area contributed by atoms with Crippen molar-refractivity contribution in [3.05, 3.63) is 40.8 Å². The molecule has 2 aromatic rings. The lowest BCUT2D eigenvalue weighted by Gasteiger charge is -2.44. The molecule has 126 valence electrons. The summed E-state index contributed by atoms with van der Waals surface area (Å²) in [7, 11) is 0. The van der Waals surface area contributed by atoms with Crippen LogP contribution in [0.15, 0.2) is 39.5 Å². The molecule has 1 amide bonds. The van der Waals surface area contributed by atoms with Gasteiger partial charge in [-0.05, 0) is 50.0 Å². The van der Waals surface area contributed by atoms with Crippen LogP contribution in [0.4, 0.5) is 0 Å². The van der Waals surface area contributed by atoms with E-state index >= 15 is 0 Å². The maximum Gasteiger partial charge on any atom is 0.336 e. The van der Waals surface area contributed by atoms with Gasteiger partial charge in [0.2, 0.25) is 0 Å². The van der Waals surface area contributed by atoms with Crippen LogP contribution in [0.3, 0.4) is 0 Å². The normalized spacial score (nSPS) is 25.6. The summed E-state index contributed by atoms with van der Waals surface area (Å²) in [5, 5.41) is 3.91. The van der Waals surface area contributed by atoms with Crippen molar-refractivity contribution in [2.45, 2.75) is 18.9 Å². The molecule has 1 N–H and O–H groups in total. The third-order valence-electron chi connectivity index (χ3n) is 4.97. The fourth-order valence-corrected chi connectivity index (χ4v) is 3.66. The van der Waals surface area contributed by atoms with Crippen LogP contribution >= 0.6 is 0 Å². The van der Waals surface area contributed by atoms with E-state index in [4.69, 9.17) is 9.15 Å². The Balaban J connectivity index is 1.36. The Labute approximate surface area is 139 Å². The van der Waals surface area contributed by atoms with Crippen LogP contribution in [0.2, 0.25) is 0 Å². The third-order valence-corrected chi connectivity index (χ3v) is 4.97. The van der Waals surface area contributed by atoms with E-state index in [2.05, 4.69) is 10.2 Å². The standard InChI is InChI=1S/C18H20N2O4/c21-17(19-15-10-20-7-5-12(15)6-8-20)11-23-14-3-1-13-2-4-18(22)24-16(13)9-14/h1-4,9,12,15H,5-8,10-11H2,(H,19,21). The molecule has 24 heavy (non-hydrogen) atoms. The third kappa shape index (κ3) is 3.14. The average molecular weight is 328 g/mol. The maximum atomic E-state index is 12.2. The van der Waals surface area contributed by atoms with E-state index < -0.39 is 5.63 Å². The molecule has 3 fully saturated rings. The molecule has 3 aliphatic rings. The second-order valence-electron chi connectivity index (χ2n) is 6.55. The highest BCUT2D eigenvalue weighted by molar-refractivity contribution is 5.79. The van der Waals surface area contributed by atoms with E-state index in [0.717, 1.165) is 37.9 Å². The van der Waals surface area contributed by atoms with Crippen molar-refractivity contribution in [1.82, 2.24) is 10.2 Å². The number of nitrogens with one attached hydrogen (secondary N) is 1. The van der Waals surface area contributed by atoms with E-state index in [0.29, 0.717) is 17.3 Å². The minimum absolute atomic E-state index is 0.0359. The van der Waals surface area contributed by atoms with Crippen LogP contribution in [0.1, 0.15) is 12.8 Å². The smallest absolute Gasteiger partial charge is 0.336 e. The highest BCUT2D eigenvalue weighted by Gasteiger charge is 2.34. The first kappa shape index (κ1) is 15.2. The van der Waals surface area contributed by atoms with Gasteiger partial charge in [-0.1, -0.05) is 0 Å². The Morgan fingerprint density at radius 2 is 2.04 bits per heavy atom. The summed E-state index contributed by atoms with van der Waals surface area (Å²) in [5.41, 5.74) is 0.0533. The van der Waals surface area contributed by atoms with E-state index in [-0.39, 0.29) is 18.6 Å². The quantitative estimate of drug-likeness (QED) is 0.859. The number of fused-ring (bicyclic) bond motifs is 4. The van der Waals surface area contributed by atoms with Crippen LogP contribution < -0.4 is 15.7 Å². The Hall–Kier alpha value is -2.34. The molecule has 5 rings (SSSR count). The second-order valence-corrected chi connectivity index (χ2v) is 6.55. The van der Waals surface area contributed by atoms with Crippen LogP contribution in [0.5, 0.6) is 5.75 Å². The van der Waals surface area contributed by atoms with Crippen molar-refractivity contribution < 1.29 is 13.9 Å². The second kappa shape index (κ2) is 6.28. The summed E-state index contributed by atoms with van der Waals surface area (Å²) in [6.45, 7) is 3.20. The molecule has 1 aromatic heterocycles.